The van der Waals surface area contributed by atoms with Gasteiger partial charge in [-0.1, -0.05) is 0 Å². The molecule has 0 aromatic carbocycles. The number of carbonyl (C=O) groups excluding carboxylic acids is 1. The number of H-pyrrole nitrogens is 1. The molecule has 2 N–H and O–H groups in total. The quantitative estimate of drug-likeness (QED) is 0.744. The Balaban J connectivity index is 1.75. The largest absolute Gasteiger partial charge is 0.351 e. The van der Waals surface area contributed by atoms with Crippen molar-refractivity contribution in [1.82, 2.24) is 24.7 Å². The van der Waals surface area contributed by atoms with Gasteiger partial charge in [-0.2, -0.15) is 0 Å². The first-order valence-corrected chi connectivity index (χ1v) is 7.20. The maximum Gasteiger partial charge on any atom is 0.271 e. The number of fused-ring (bicyclic) bond motifs is 1. The molecule has 3 heterocycles. The summed E-state index contributed by atoms with van der Waals surface area (Å²) in [6, 6.07) is 0. The molecule has 0 aliphatic rings. The van der Waals surface area contributed by atoms with Gasteiger partial charge in [0.2, 0.25) is 0 Å². The van der Waals surface area contributed by atoms with Crippen LogP contribution in [-0.2, 0) is 6.42 Å². The predicted molar refractivity (Wildman–Crippen MR) is 78.7 cm³/mol. The summed E-state index contributed by atoms with van der Waals surface area (Å²) in [5.41, 5.74) is 0.632. The number of nitrogens with zero attached hydrogens (tertiary/aromatic N) is 3. The lowest BCUT2D eigenvalue weighted by atomic mass is 10.3. The minimum Gasteiger partial charge on any atom is -0.351 e. The molecule has 3 aromatic rings. The van der Waals surface area contributed by atoms with Crippen LogP contribution < -0.4 is 10.9 Å². The standard InChI is InChI=1S/C13H13N5O2S/c1-8-6-18-12(20)10(5-16-13(18)21-8)11(19)15-3-2-9-4-14-7-17-9/h4-7H,2-3H2,1H3,(H,14,17)(H,15,19). The Morgan fingerprint density at radius 1 is 1.48 bits per heavy atom. The van der Waals surface area contributed by atoms with E-state index in [1.165, 1.54) is 21.9 Å². The van der Waals surface area contributed by atoms with Crippen LogP contribution in [0.15, 0.2) is 29.7 Å². The second-order valence-corrected chi connectivity index (χ2v) is 5.77. The number of hydrogen-bond acceptors (Lipinski definition) is 5. The van der Waals surface area contributed by atoms with Crippen LogP contribution in [0.4, 0.5) is 0 Å². The van der Waals surface area contributed by atoms with Crippen molar-refractivity contribution in [1.29, 1.82) is 0 Å². The molecule has 3 aromatic heterocycles. The molecule has 0 aliphatic carbocycles. The zero-order valence-electron chi connectivity index (χ0n) is 11.3. The molecule has 7 nitrogen and oxygen atoms in total. The minimum atomic E-state index is -0.412. The summed E-state index contributed by atoms with van der Waals surface area (Å²) < 4.78 is 1.41. The highest BCUT2D eigenvalue weighted by Gasteiger charge is 2.14. The summed E-state index contributed by atoms with van der Waals surface area (Å²) in [6.07, 6.45) is 6.93. The molecule has 0 radical (unpaired) electrons. The molecular weight excluding hydrogens is 290 g/mol. The van der Waals surface area contributed by atoms with E-state index < -0.39 is 5.91 Å². The molecule has 8 heteroatoms. The van der Waals surface area contributed by atoms with Gasteiger partial charge in [0.25, 0.3) is 11.5 Å². The first-order valence-electron chi connectivity index (χ1n) is 6.38. The number of carbonyl (C=O) groups is 1. The highest BCUT2D eigenvalue weighted by molar-refractivity contribution is 7.16. The topological polar surface area (TPSA) is 92.1 Å². The molecule has 0 bridgehead atoms. The average Bonchev–Trinajstić information content (AvgIpc) is 3.08. The number of amides is 1. The van der Waals surface area contributed by atoms with Crippen molar-refractivity contribution in [3.8, 4) is 0 Å². The van der Waals surface area contributed by atoms with E-state index in [0.29, 0.717) is 17.9 Å². The first kappa shape index (κ1) is 13.5. The third-order valence-corrected chi connectivity index (χ3v) is 3.91. The predicted octanol–water partition coefficient (Wildman–Crippen LogP) is 0.760. The van der Waals surface area contributed by atoms with Crippen LogP contribution in [-0.4, -0.2) is 31.8 Å². The van der Waals surface area contributed by atoms with Crippen LogP contribution in [0.25, 0.3) is 4.96 Å². The van der Waals surface area contributed by atoms with Crippen LogP contribution >= 0.6 is 11.3 Å². The summed E-state index contributed by atoms with van der Waals surface area (Å²) >= 11 is 1.41. The van der Waals surface area contributed by atoms with Crippen LogP contribution in [0.2, 0.25) is 0 Å². The van der Waals surface area contributed by atoms with Gasteiger partial charge < -0.3 is 10.3 Å². The van der Waals surface area contributed by atoms with Gasteiger partial charge in [0.1, 0.15) is 5.56 Å². The Hall–Kier alpha value is -2.48. The third kappa shape index (κ3) is 2.70. The van der Waals surface area contributed by atoms with Crippen molar-refractivity contribution in [3.63, 3.8) is 0 Å². The Bertz CT molecular complexity index is 834. The molecule has 0 fully saturated rings. The highest BCUT2D eigenvalue weighted by atomic mass is 32.1. The number of aromatic nitrogens is 4. The number of hydrogen-bond donors (Lipinski definition) is 2. The summed E-state index contributed by atoms with van der Waals surface area (Å²) in [5.74, 6) is -0.412. The summed E-state index contributed by atoms with van der Waals surface area (Å²) in [7, 11) is 0. The second kappa shape index (κ2) is 5.49. The van der Waals surface area contributed by atoms with Gasteiger partial charge >= 0.3 is 0 Å². The minimum absolute atomic E-state index is 0.0508. The van der Waals surface area contributed by atoms with E-state index in [-0.39, 0.29) is 11.1 Å². The fourth-order valence-corrected chi connectivity index (χ4v) is 2.76. The van der Waals surface area contributed by atoms with E-state index >= 15 is 0 Å². The molecular formula is C13H13N5O2S. The summed E-state index contributed by atoms with van der Waals surface area (Å²) in [5, 5.41) is 2.71. The third-order valence-electron chi connectivity index (χ3n) is 3.00. The highest BCUT2D eigenvalue weighted by Crippen LogP contribution is 2.12. The van der Waals surface area contributed by atoms with Gasteiger partial charge in [0.05, 0.1) is 6.33 Å². The Kier molecular flexibility index (Phi) is 3.53. The van der Waals surface area contributed by atoms with E-state index in [1.807, 2.05) is 6.92 Å². The SMILES string of the molecule is Cc1cn2c(=O)c(C(=O)NCCc3cnc[nH]3)cnc2s1. The van der Waals surface area contributed by atoms with Gasteiger partial charge in [-0.05, 0) is 6.92 Å². The van der Waals surface area contributed by atoms with E-state index in [1.54, 1.807) is 18.7 Å². The van der Waals surface area contributed by atoms with Crippen molar-refractivity contribution in [2.45, 2.75) is 13.3 Å². The Morgan fingerprint density at radius 3 is 3.10 bits per heavy atom. The molecule has 0 atom stereocenters. The van der Waals surface area contributed by atoms with Crippen molar-refractivity contribution in [2.24, 2.45) is 0 Å². The van der Waals surface area contributed by atoms with E-state index in [2.05, 4.69) is 20.3 Å². The van der Waals surface area contributed by atoms with Crippen molar-refractivity contribution in [3.05, 3.63) is 51.4 Å². The van der Waals surface area contributed by atoms with Crippen LogP contribution in [0.5, 0.6) is 0 Å². The second-order valence-electron chi connectivity index (χ2n) is 4.55. The van der Waals surface area contributed by atoms with Gasteiger partial charge in [-0.25, -0.2) is 9.97 Å². The lowest BCUT2D eigenvalue weighted by Crippen LogP contribution is -2.32. The number of aryl methyl sites for hydroxylation is 1. The molecule has 108 valence electrons. The fourth-order valence-electron chi connectivity index (χ4n) is 1.98. The van der Waals surface area contributed by atoms with E-state index in [9.17, 15) is 9.59 Å². The molecule has 1 amide bonds. The molecule has 0 aliphatic heterocycles. The first-order chi connectivity index (χ1) is 10.1. The number of imidazole rings is 1. The zero-order chi connectivity index (χ0) is 14.8. The maximum absolute atomic E-state index is 12.2. The van der Waals surface area contributed by atoms with E-state index in [4.69, 9.17) is 0 Å². The lowest BCUT2D eigenvalue weighted by Gasteiger charge is -2.03. The van der Waals surface area contributed by atoms with Gasteiger partial charge in [0, 0.05) is 42.1 Å². The number of rotatable bonds is 4. The molecule has 0 saturated heterocycles. The van der Waals surface area contributed by atoms with Crippen LogP contribution in [0.1, 0.15) is 20.9 Å². The molecule has 3 rings (SSSR count). The molecule has 0 saturated carbocycles. The van der Waals surface area contributed by atoms with Crippen molar-refractivity contribution in [2.75, 3.05) is 6.54 Å². The number of aromatic amines is 1. The number of thiazole rings is 1. The van der Waals surface area contributed by atoms with Gasteiger partial charge in [-0.3, -0.25) is 14.0 Å². The fraction of sp³-hybridized carbons (Fsp3) is 0.231. The maximum atomic E-state index is 12.2. The Labute approximate surface area is 123 Å². The van der Waals surface area contributed by atoms with Crippen LogP contribution in [0.3, 0.4) is 0 Å². The van der Waals surface area contributed by atoms with Crippen molar-refractivity contribution < 1.29 is 4.79 Å². The van der Waals surface area contributed by atoms with Crippen molar-refractivity contribution >= 4 is 22.2 Å². The Morgan fingerprint density at radius 2 is 2.33 bits per heavy atom. The van der Waals surface area contributed by atoms with E-state index in [0.717, 1.165) is 10.6 Å². The van der Waals surface area contributed by atoms with Crippen LogP contribution in [0, 0.1) is 6.92 Å². The normalized spacial score (nSPS) is 10.9. The van der Waals surface area contributed by atoms with Gasteiger partial charge in [-0.15, -0.1) is 11.3 Å². The average molecular weight is 303 g/mol. The molecule has 21 heavy (non-hydrogen) atoms. The molecule has 0 spiro atoms. The smallest absolute Gasteiger partial charge is 0.271 e. The zero-order valence-corrected chi connectivity index (χ0v) is 12.1. The summed E-state index contributed by atoms with van der Waals surface area (Å²) in [4.78, 5) is 36.8. The number of nitrogens with one attached hydrogen (secondary N) is 2. The monoisotopic (exact) mass is 303 g/mol. The van der Waals surface area contributed by atoms with Gasteiger partial charge in [0.15, 0.2) is 4.96 Å². The lowest BCUT2D eigenvalue weighted by molar-refractivity contribution is 0.0952. The summed E-state index contributed by atoms with van der Waals surface area (Å²) in [6.45, 7) is 2.31. The molecule has 0 unspecified atom stereocenters.